The van der Waals surface area contributed by atoms with Gasteiger partial charge in [0.2, 0.25) is 0 Å². The summed E-state index contributed by atoms with van der Waals surface area (Å²) in [6.07, 6.45) is 0. The molecule has 2 aromatic rings. The maximum atomic E-state index is 6.03. The molecule has 0 spiro atoms. The molecular weight excluding hydrogens is 301 g/mol. The summed E-state index contributed by atoms with van der Waals surface area (Å²) in [6, 6.07) is 9.70. The monoisotopic (exact) mass is 315 g/mol. The minimum atomic E-state index is 0.0646. The average molecular weight is 316 g/mol. The normalized spacial score (nSPS) is 12.4. The first-order valence-electron chi connectivity index (χ1n) is 5.97. The van der Waals surface area contributed by atoms with Crippen LogP contribution in [0.2, 0.25) is 9.36 Å². The van der Waals surface area contributed by atoms with E-state index in [1.54, 1.807) is 18.4 Å². The van der Waals surface area contributed by atoms with Crippen LogP contribution in [0.4, 0.5) is 0 Å². The van der Waals surface area contributed by atoms with Gasteiger partial charge in [-0.05, 0) is 30.8 Å². The molecule has 5 heteroatoms. The number of hydrogen-bond acceptors (Lipinski definition) is 3. The lowest BCUT2D eigenvalue weighted by Crippen LogP contribution is -2.21. The number of nitrogens with one attached hydrogen (secondary N) is 1. The largest absolute Gasteiger partial charge is 0.496 e. The van der Waals surface area contributed by atoms with Gasteiger partial charge in [-0.15, -0.1) is 11.3 Å². The SMILES string of the molecule is CCNC(c1ccc(Cl)s1)c1ccc(Cl)cc1OC. The Morgan fingerprint density at radius 3 is 2.63 bits per heavy atom. The van der Waals surface area contributed by atoms with Crippen molar-refractivity contribution in [2.45, 2.75) is 13.0 Å². The summed E-state index contributed by atoms with van der Waals surface area (Å²) in [5, 5.41) is 4.12. The van der Waals surface area contributed by atoms with Gasteiger partial charge in [0, 0.05) is 15.5 Å². The maximum absolute atomic E-state index is 6.03. The number of thiophene rings is 1. The van der Waals surface area contributed by atoms with Gasteiger partial charge in [-0.2, -0.15) is 0 Å². The molecule has 102 valence electrons. The van der Waals surface area contributed by atoms with Crippen molar-refractivity contribution in [2.24, 2.45) is 0 Å². The average Bonchev–Trinajstić information content (AvgIpc) is 2.82. The molecule has 0 saturated heterocycles. The summed E-state index contributed by atoms with van der Waals surface area (Å²) in [5.74, 6) is 0.781. The summed E-state index contributed by atoms with van der Waals surface area (Å²) < 4.78 is 6.21. The van der Waals surface area contributed by atoms with E-state index >= 15 is 0 Å². The van der Waals surface area contributed by atoms with Gasteiger partial charge in [-0.3, -0.25) is 0 Å². The van der Waals surface area contributed by atoms with Crippen LogP contribution in [-0.2, 0) is 0 Å². The van der Waals surface area contributed by atoms with E-state index < -0.39 is 0 Å². The fourth-order valence-electron chi connectivity index (χ4n) is 1.97. The lowest BCUT2D eigenvalue weighted by atomic mass is 10.0. The van der Waals surface area contributed by atoms with Crippen LogP contribution in [0.15, 0.2) is 30.3 Å². The number of rotatable bonds is 5. The van der Waals surface area contributed by atoms with Gasteiger partial charge in [0.05, 0.1) is 17.5 Å². The summed E-state index contributed by atoms with van der Waals surface area (Å²) in [4.78, 5) is 1.16. The quantitative estimate of drug-likeness (QED) is 0.858. The Bertz CT molecular complexity index is 556. The Morgan fingerprint density at radius 2 is 2.05 bits per heavy atom. The first-order valence-corrected chi connectivity index (χ1v) is 7.55. The van der Waals surface area contributed by atoms with Crippen LogP contribution < -0.4 is 10.1 Å². The van der Waals surface area contributed by atoms with E-state index in [0.29, 0.717) is 5.02 Å². The number of halogens is 2. The smallest absolute Gasteiger partial charge is 0.125 e. The third-order valence-corrected chi connectivity index (χ3v) is 4.32. The minimum Gasteiger partial charge on any atom is -0.496 e. The Kier molecular flexibility index (Phi) is 5.11. The van der Waals surface area contributed by atoms with Gasteiger partial charge in [0.15, 0.2) is 0 Å². The fourth-order valence-corrected chi connectivity index (χ4v) is 3.29. The number of ether oxygens (including phenoxy) is 1. The highest BCUT2D eigenvalue weighted by Gasteiger charge is 2.19. The van der Waals surface area contributed by atoms with E-state index in [0.717, 1.165) is 27.1 Å². The second kappa shape index (κ2) is 6.62. The van der Waals surface area contributed by atoms with Gasteiger partial charge in [0.1, 0.15) is 5.75 Å². The van der Waals surface area contributed by atoms with Crippen molar-refractivity contribution in [3.8, 4) is 5.75 Å². The van der Waals surface area contributed by atoms with Crippen LogP contribution in [0.5, 0.6) is 5.75 Å². The van der Waals surface area contributed by atoms with Crippen molar-refractivity contribution in [2.75, 3.05) is 13.7 Å². The summed E-state index contributed by atoms with van der Waals surface area (Å²) in [5.41, 5.74) is 1.06. The van der Waals surface area contributed by atoms with E-state index in [1.807, 2.05) is 30.3 Å². The highest BCUT2D eigenvalue weighted by atomic mass is 35.5. The molecule has 0 aliphatic heterocycles. The van der Waals surface area contributed by atoms with Crippen LogP contribution in [0, 0.1) is 0 Å². The lowest BCUT2D eigenvalue weighted by Gasteiger charge is -2.19. The summed E-state index contributed by atoms with van der Waals surface area (Å²) in [6.45, 7) is 2.93. The minimum absolute atomic E-state index is 0.0646. The molecule has 1 heterocycles. The topological polar surface area (TPSA) is 21.3 Å². The molecule has 19 heavy (non-hydrogen) atoms. The Labute approximate surface area is 127 Å². The zero-order valence-corrected chi connectivity index (χ0v) is 13.1. The highest BCUT2D eigenvalue weighted by molar-refractivity contribution is 7.16. The molecule has 0 saturated carbocycles. The molecule has 0 amide bonds. The Hall–Kier alpha value is -0.740. The van der Waals surface area contributed by atoms with E-state index in [1.165, 1.54) is 0 Å². The first kappa shape index (κ1) is 14.7. The van der Waals surface area contributed by atoms with Crippen molar-refractivity contribution in [1.82, 2.24) is 5.32 Å². The molecule has 1 aromatic carbocycles. The van der Waals surface area contributed by atoms with Gasteiger partial charge in [-0.25, -0.2) is 0 Å². The van der Waals surface area contributed by atoms with Crippen LogP contribution in [0.3, 0.4) is 0 Å². The zero-order valence-electron chi connectivity index (χ0n) is 10.7. The zero-order chi connectivity index (χ0) is 13.8. The van der Waals surface area contributed by atoms with Crippen LogP contribution >= 0.6 is 34.5 Å². The molecule has 1 N–H and O–H groups in total. The molecular formula is C14H15Cl2NOS. The van der Waals surface area contributed by atoms with Crippen LogP contribution in [0.1, 0.15) is 23.4 Å². The third kappa shape index (κ3) is 3.42. The first-order chi connectivity index (χ1) is 9.15. The predicted octanol–water partition coefficient (Wildman–Crippen LogP) is 4.76. The number of benzene rings is 1. The van der Waals surface area contributed by atoms with E-state index in [9.17, 15) is 0 Å². The van der Waals surface area contributed by atoms with E-state index in [4.69, 9.17) is 27.9 Å². The fraction of sp³-hybridized carbons (Fsp3) is 0.286. The molecule has 2 nitrogen and oxygen atoms in total. The van der Waals surface area contributed by atoms with Gasteiger partial charge in [0.25, 0.3) is 0 Å². The molecule has 2 rings (SSSR count). The molecule has 1 aromatic heterocycles. The summed E-state index contributed by atoms with van der Waals surface area (Å²) >= 11 is 13.6. The molecule has 0 bridgehead atoms. The van der Waals surface area contributed by atoms with E-state index in [2.05, 4.69) is 12.2 Å². The van der Waals surface area contributed by atoms with Crippen molar-refractivity contribution in [1.29, 1.82) is 0 Å². The molecule has 1 unspecified atom stereocenters. The van der Waals surface area contributed by atoms with Crippen LogP contribution in [-0.4, -0.2) is 13.7 Å². The molecule has 1 atom stereocenters. The Balaban J connectivity index is 2.44. The second-order valence-corrected chi connectivity index (χ2v) is 6.20. The second-order valence-electron chi connectivity index (χ2n) is 4.02. The number of hydrogen-bond donors (Lipinski definition) is 1. The molecule has 0 aliphatic carbocycles. The van der Waals surface area contributed by atoms with Crippen molar-refractivity contribution >= 4 is 34.5 Å². The standard InChI is InChI=1S/C14H15Cl2NOS/c1-3-17-14(12-6-7-13(16)19-12)10-5-4-9(15)8-11(10)18-2/h4-8,14,17H,3H2,1-2H3. The lowest BCUT2D eigenvalue weighted by molar-refractivity contribution is 0.405. The van der Waals surface area contributed by atoms with Crippen molar-refractivity contribution < 1.29 is 4.74 Å². The maximum Gasteiger partial charge on any atom is 0.125 e. The van der Waals surface area contributed by atoms with Gasteiger partial charge >= 0.3 is 0 Å². The Morgan fingerprint density at radius 1 is 1.26 bits per heavy atom. The molecule has 0 aliphatic rings. The summed E-state index contributed by atoms with van der Waals surface area (Å²) in [7, 11) is 1.65. The van der Waals surface area contributed by atoms with Gasteiger partial charge in [-0.1, -0.05) is 36.2 Å². The van der Waals surface area contributed by atoms with Crippen LogP contribution in [0.25, 0.3) is 0 Å². The highest BCUT2D eigenvalue weighted by Crippen LogP contribution is 2.36. The number of methoxy groups -OCH3 is 1. The third-order valence-electron chi connectivity index (χ3n) is 2.79. The van der Waals surface area contributed by atoms with Gasteiger partial charge < -0.3 is 10.1 Å². The molecule has 0 radical (unpaired) electrons. The van der Waals surface area contributed by atoms with Crippen molar-refractivity contribution in [3.63, 3.8) is 0 Å². The molecule has 0 fully saturated rings. The predicted molar refractivity (Wildman–Crippen MR) is 82.9 cm³/mol. The van der Waals surface area contributed by atoms with Crippen molar-refractivity contribution in [3.05, 3.63) is 50.1 Å². The van der Waals surface area contributed by atoms with E-state index in [-0.39, 0.29) is 6.04 Å².